The molecule has 0 bridgehead atoms. The van der Waals surface area contributed by atoms with Crippen molar-refractivity contribution in [2.24, 2.45) is 5.92 Å². The van der Waals surface area contributed by atoms with Gasteiger partial charge in [-0.1, -0.05) is 66.0 Å². The third-order valence-corrected chi connectivity index (χ3v) is 5.60. The summed E-state index contributed by atoms with van der Waals surface area (Å²) in [5.74, 6) is 1.82. The molecule has 0 saturated heterocycles. The molecule has 1 aromatic carbocycles. The van der Waals surface area contributed by atoms with E-state index in [0.29, 0.717) is 0 Å². The molecule has 0 unspecified atom stereocenters. The summed E-state index contributed by atoms with van der Waals surface area (Å²) in [7, 11) is 3.05. The maximum atomic E-state index is 7.00. The van der Waals surface area contributed by atoms with Crippen molar-refractivity contribution in [3.8, 4) is 5.75 Å². The number of hydrogen-bond donors (Lipinski definition) is 2. The van der Waals surface area contributed by atoms with Gasteiger partial charge in [0.15, 0.2) is 0 Å². The summed E-state index contributed by atoms with van der Waals surface area (Å²) in [4.78, 5) is 0. The molecule has 1 aliphatic carbocycles. The molecule has 1 aliphatic rings. The number of aliphatic hydroxyl groups excluding tert-OH is 1. The fourth-order valence-corrected chi connectivity index (χ4v) is 2.93. The highest BCUT2D eigenvalue weighted by molar-refractivity contribution is 5.33. The molecule has 2 N–H and O–H groups in total. The van der Waals surface area contributed by atoms with Gasteiger partial charge in [0.25, 0.3) is 0 Å². The molecule has 4 heteroatoms. The summed E-state index contributed by atoms with van der Waals surface area (Å²) in [6.07, 6.45) is 9.93. The molecular formula is C27H55NO3. The summed E-state index contributed by atoms with van der Waals surface area (Å²) in [6, 6.07) is 8.58. The number of unbranched alkanes of at least 4 members (excludes halogenated alkanes) is 2. The Bertz CT molecular complexity index is 477. The zero-order valence-corrected chi connectivity index (χ0v) is 21.9. The van der Waals surface area contributed by atoms with Crippen molar-refractivity contribution in [3.63, 3.8) is 0 Å². The van der Waals surface area contributed by atoms with E-state index in [9.17, 15) is 0 Å². The molecule has 0 heterocycles. The van der Waals surface area contributed by atoms with E-state index in [0.717, 1.165) is 51.4 Å². The van der Waals surface area contributed by atoms with Crippen LogP contribution in [0.3, 0.4) is 0 Å². The zero-order valence-electron chi connectivity index (χ0n) is 21.9. The van der Waals surface area contributed by atoms with Crippen LogP contribution in [0.4, 0.5) is 0 Å². The SMILES string of the molecule is CCC(CC)(NC)c1cccc(OCC2CC2)c1.CCCC.CCCCOCC.CO.[HH]. The summed E-state index contributed by atoms with van der Waals surface area (Å²) >= 11 is 0. The van der Waals surface area contributed by atoms with Gasteiger partial charge in [-0.2, -0.15) is 0 Å². The third-order valence-electron chi connectivity index (χ3n) is 5.60. The lowest BCUT2D eigenvalue weighted by Crippen LogP contribution is -2.38. The molecule has 186 valence electrons. The van der Waals surface area contributed by atoms with Crippen molar-refractivity contribution < 1.29 is 16.0 Å². The van der Waals surface area contributed by atoms with Gasteiger partial charge in [-0.25, -0.2) is 0 Å². The van der Waals surface area contributed by atoms with Crippen molar-refractivity contribution in [1.29, 1.82) is 0 Å². The minimum atomic E-state index is 0. The minimum absolute atomic E-state index is 0. The smallest absolute Gasteiger partial charge is 0.119 e. The van der Waals surface area contributed by atoms with E-state index in [-0.39, 0.29) is 6.97 Å². The Labute approximate surface area is 195 Å². The Morgan fingerprint density at radius 3 is 2.03 bits per heavy atom. The molecule has 4 nitrogen and oxygen atoms in total. The normalized spacial score (nSPS) is 12.4. The molecule has 1 fully saturated rings. The van der Waals surface area contributed by atoms with Gasteiger partial charge >= 0.3 is 0 Å². The molecule has 0 atom stereocenters. The number of aliphatic hydroxyl groups is 1. The first kappa shape index (κ1) is 32.1. The second kappa shape index (κ2) is 22.1. The first-order valence-corrected chi connectivity index (χ1v) is 12.5. The van der Waals surface area contributed by atoms with Gasteiger partial charge in [0.1, 0.15) is 5.75 Å². The van der Waals surface area contributed by atoms with E-state index in [1.54, 1.807) is 0 Å². The molecule has 1 aromatic rings. The zero-order chi connectivity index (χ0) is 24.0. The second-order valence-electron chi connectivity index (χ2n) is 7.87. The third kappa shape index (κ3) is 15.4. The highest BCUT2D eigenvalue weighted by atomic mass is 16.5. The van der Waals surface area contributed by atoms with E-state index in [4.69, 9.17) is 14.6 Å². The van der Waals surface area contributed by atoms with E-state index >= 15 is 0 Å². The monoisotopic (exact) mass is 441 g/mol. The lowest BCUT2D eigenvalue weighted by Gasteiger charge is -2.32. The van der Waals surface area contributed by atoms with Crippen LogP contribution in [0, 0.1) is 5.92 Å². The van der Waals surface area contributed by atoms with Crippen LogP contribution in [-0.2, 0) is 10.3 Å². The Kier molecular flexibility index (Phi) is 22.9. The molecule has 0 aromatic heterocycles. The van der Waals surface area contributed by atoms with Crippen molar-refractivity contribution in [3.05, 3.63) is 29.8 Å². The molecular weight excluding hydrogens is 386 g/mol. The maximum absolute atomic E-state index is 7.00. The van der Waals surface area contributed by atoms with Gasteiger partial charge in [-0.05, 0) is 69.7 Å². The van der Waals surface area contributed by atoms with Crippen LogP contribution in [0.5, 0.6) is 5.75 Å². The van der Waals surface area contributed by atoms with E-state index < -0.39 is 0 Å². The predicted octanol–water partition coefficient (Wildman–Crippen LogP) is 7.19. The Hall–Kier alpha value is -1.10. The standard InChI is InChI=1S/C16H25NO.C6H14O.C4H10.CH4O.H2/c1-4-16(5-2,17-3)14-7-6-8-15(11-14)18-12-13-9-10-13;1-3-5-6-7-4-2;1-3-4-2;1-2;/h6-8,11,13,17H,4-5,9-10,12H2,1-3H3;3-6H2,1-2H3;3-4H2,1-2H3;2H,1H3;1H. The van der Waals surface area contributed by atoms with Crippen LogP contribution in [0.1, 0.15) is 99.9 Å². The van der Waals surface area contributed by atoms with Crippen LogP contribution in [0.2, 0.25) is 0 Å². The van der Waals surface area contributed by atoms with E-state index in [1.165, 1.54) is 44.1 Å². The Morgan fingerprint density at radius 2 is 1.61 bits per heavy atom. The first-order valence-electron chi connectivity index (χ1n) is 12.5. The van der Waals surface area contributed by atoms with Gasteiger partial charge in [0, 0.05) is 27.3 Å². The fourth-order valence-electron chi connectivity index (χ4n) is 2.93. The molecule has 1 saturated carbocycles. The molecule has 0 aliphatic heterocycles. The lowest BCUT2D eigenvalue weighted by atomic mass is 9.85. The number of rotatable bonds is 12. The van der Waals surface area contributed by atoms with Crippen molar-refractivity contribution in [1.82, 2.24) is 5.32 Å². The van der Waals surface area contributed by atoms with Crippen molar-refractivity contribution >= 4 is 0 Å². The average Bonchev–Trinajstić information content (AvgIpc) is 3.67. The highest BCUT2D eigenvalue weighted by Gasteiger charge is 2.27. The number of benzene rings is 1. The Balaban J connectivity index is -0.000000504. The van der Waals surface area contributed by atoms with Crippen LogP contribution in [0.15, 0.2) is 24.3 Å². The molecule has 2 rings (SSSR count). The summed E-state index contributed by atoms with van der Waals surface area (Å²) in [5.41, 5.74) is 1.42. The van der Waals surface area contributed by atoms with Gasteiger partial charge in [0.05, 0.1) is 6.61 Å². The topological polar surface area (TPSA) is 50.7 Å². The Morgan fingerprint density at radius 1 is 1.00 bits per heavy atom. The predicted molar refractivity (Wildman–Crippen MR) is 138 cm³/mol. The van der Waals surface area contributed by atoms with E-state index in [1.807, 2.05) is 14.0 Å². The quantitative estimate of drug-likeness (QED) is 0.337. The fraction of sp³-hybridized carbons (Fsp3) is 0.778. The first-order chi connectivity index (χ1) is 15.1. The molecule has 0 spiro atoms. The largest absolute Gasteiger partial charge is 0.493 e. The number of nitrogens with one attached hydrogen (secondary N) is 1. The second-order valence-corrected chi connectivity index (χ2v) is 7.87. The van der Waals surface area contributed by atoms with Gasteiger partial charge in [-0.15, -0.1) is 0 Å². The van der Waals surface area contributed by atoms with Gasteiger partial charge in [-0.3, -0.25) is 0 Å². The minimum Gasteiger partial charge on any atom is -0.493 e. The van der Waals surface area contributed by atoms with Gasteiger partial charge < -0.3 is 19.9 Å². The highest BCUT2D eigenvalue weighted by Crippen LogP contribution is 2.32. The van der Waals surface area contributed by atoms with Crippen LogP contribution >= 0.6 is 0 Å². The van der Waals surface area contributed by atoms with Crippen molar-refractivity contribution in [2.45, 2.75) is 98.4 Å². The molecule has 0 radical (unpaired) electrons. The van der Waals surface area contributed by atoms with Crippen LogP contribution < -0.4 is 10.1 Å². The number of ether oxygens (including phenoxy) is 2. The maximum Gasteiger partial charge on any atom is 0.119 e. The van der Waals surface area contributed by atoms with Crippen LogP contribution in [0.25, 0.3) is 0 Å². The molecule has 31 heavy (non-hydrogen) atoms. The summed E-state index contributed by atoms with van der Waals surface area (Å²) in [6.45, 7) is 15.7. The lowest BCUT2D eigenvalue weighted by molar-refractivity contribution is 0.144. The van der Waals surface area contributed by atoms with Gasteiger partial charge in [0.2, 0.25) is 0 Å². The average molecular weight is 442 g/mol. The van der Waals surface area contributed by atoms with E-state index in [2.05, 4.69) is 64.2 Å². The summed E-state index contributed by atoms with van der Waals surface area (Å²) < 4.78 is 10.9. The summed E-state index contributed by atoms with van der Waals surface area (Å²) in [5, 5.41) is 10.5. The van der Waals surface area contributed by atoms with Crippen molar-refractivity contribution in [2.75, 3.05) is 34.0 Å². The molecule has 0 amide bonds. The van der Waals surface area contributed by atoms with Crippen LogP contribution in [-0.4, -0.2) is 39.1 Å². The number of hydrogen-bond acceptors (Lipinski definition) is 4.